The van der Waals surface area contributed by atoms with E-state index in [2.05, 4.69) is 5.32 Å². The summed E-state index contributed by atoms with van der Waals surface area (Å²) in [5.41, 5.74) is 1.31. The van der Waals surface area contributed by atoms with E-state index in [-0.39, 0.29) is 0 Å². The second kappa shape index (κ2) is 1.28. The molecule has 1 aromatic heterocycles. The highest BCUT2D eigenvalue weighted by Gasteiger charge is 2.10. The van der Waals surface area contributed by atoms with Gasteiger partial charge in [-0.15, -0.1) is 0 Å². The molecule has 1 aliphatic rings. The Kier molecular flexibility index (Phi) is 0.640. The van der Waals surface area contributed by atoms with E-state index in [1.807, 2.05) is 6.07 Å². The minimum absolute atomic E-state index is 0.963. The van der Waals surface area contributed by atoms with Crippen LogP contribution in [-0.4, -0.2) is 6.54 Å². The Labute approximate surface area is 47.5 Å². The molecule has 0 saturated heterocycles. The summed E-state index contributed by atoms with van der Waals surface area (Å²) in [7, 11) is 0. The highest BCUT2D eigenvalue weighted by Crippen LogP contribution is 2.21. The van der Waals surface area contributed by atoms with Crippen molar-refractivity contribution < 1.29 is 4.42 Å². The SMILES string of the molecule is c1cc2c(o1)NCC2. The van der Waals surface area contributed by atoms with Crippen molar-refractivity contribution in [1.29, 1.82) is 0 Å². The molecule has 0 atom stereocenters. The second-order valence-corrected chi connectivity index (χ2v) is 1.95. The second-order valence-electron chi connectivity index (χ2n) is 1.95. The first kappa shape index (κ1) is 4.01. The highest BCUT2D eigenvalue weighted by atomic mass is 16.3. The van der Waals surface area contributed by atoms with Gasteiger partial charge in [-0.25, -0.2) is 0 Å². The lowest BCUT2D eigenvalue weighted by atomic mass is 10.3. The van der Waals surface area contributed by atoms with E-state index in [0.29, 0.717) is 0 Å². The standard InChI is InChI=1S/C6H7NO/c1-3-7-6-5(1)2-4-8-6/h2,4,7H,1,3H2. The van der Waals surface area contributed by atoms with Crippen molar-refractivity contribution >= 4 is 5.88 Å². The van der Waals surface area contributed by atoms with E-state index < -0.39 is 0 Å². The molecule has 0 saturated carbocycles. The molecule has 0 unspecified atom stereocenters. The van der Waals surface area contributed by atoms with Crippen LogP contribution in [0.2, 0.25) is 0 Å². The van der Waals surface area contributed by atoms with Crippen LogP contribution in [0.4, 0.5) is 5.88 Å². The van der Waals surface area contributed by atoms with E-state index in [1.165, 1.54) is 5.56 Å². The zero-order valence-electron chi connectivity index (χ0n) is 4.48. The lowest BCUT2D eigenvalue weighted by Crippen LogP contribution is -1.90. The maximum atomic E-state index is 5.06. The van der Waals surface area contributed by atoms with Gasteiger partial charge in [-0.05, 0) is 12.5 Å². The first-order valence-electron chi connectivity index (χ1n) is 2.77. The van der Waals surface area contributed by atoms with Gasteiger partial charge < -0.3 is 9.73 Å². The number of rotatable bonds is 0. The number of furan rings is 1. The molecule has 0 radical (unpaired) electrons. The van der Waals surface area contributed by atoms with Crippen LogP contribution in [0.25, 0.3) is 0 Å². The Morgan fingerprint density at radius 3 is 3.50 bits per heavy atom. The molecule has 2 heterocycles. The summed E-state index contributed by atoms with van der Waals surface area (Å²) >= 11 is 0. The highest BCUT2D eigenvalue weighted by molar-refractivity contribution is 5.45. The Hall–Kier alpha value is -0.920. The molecule has 0 spiro atoms. The fraction of sp³-hybridized carbons (Fsp3) is 0.333. The van der Waals surface area contributed by atoms with Gasteiger partial charge in [-0.3, -0.25) is 0 Å². The molecule has 0 aromatic carbocycles. The molecule has 2 heteroatoms. The van der Waals surface area contributed by atoms with Gasteiger partial charge in [0.2, 0.25) is 0 Å². The summed E-state index contributed by atoms with van der Waals surface area (Å²) in [6.45, 7) is 1.04. The van der Waals surface area contributed by atoms with E-state index in [1.54, 1.807) is 6.26 Å². The van der Waals surface area contributed by atoms with Crippen molar-refractivity contribution in [3.63, 3.8) is 0 Å². The lowest BCUT2D eigenvalue weighted by molar-refractivity contribution is 0.583. The maximum Gasteiger partial charge on any atom is 0.195 e. The van der Waals surface area contributed by atoms with Crippen LogP contribution < -0.4 is 5.32 Å². The summed E-state index contributed by atoms with van der Waals surface area (Å²) in [5, 5.41) is 3.11. The number of hydrogen-bond acceptors (Lipinski definition) is 2. The molecule has 42 valence electrons. The van der Waals surface area contributed by atoms with Gasteiger partial charge in [-0.2, -0.15) is 0 Å². The minimum Gasteiger partial charge on any atom is -0.449 e. The van der Waals surface area contributed by atoms with Crippen molar-refractivity contribution in [3.05, 3.63) is 17.9 Å². The number of fused-ring (bicyclic) bond motifs is 1. The van der Waals surface area contributed by atoms with Crippen molar-refractivity contribution in [3.8, 4) is 0 Å². The van der Waals surface area contributed by atoms with E-state index in [0.717, 1.165) is 18.8 Å². The van der Waals surface area contributed by atoms with E-state index >= 15 is 0 Å². The molecule has 1 aromatic rings. The third kappa shape index (κ3) is 0.372. The van der Waals surface area contributed by atoms with Crippen LogP contribution >= 0.6 is 0 Å². The third-order valence-electron chi connectivity index (χ3n) is 1.43. The van der Waals surface area contributed by atoms with Crippen LogP contribution in [0.15, 0.2) is 16.7 Å². The van der Waals surface area contributed by atoms with Crippen LogP contribution in [0.5, 0.6) is 0 Å². The molecule has 0 aliphatic carbocycles. The summed E-state index contributed by atoms with van der Waals surface area (Å²) in [5.74, 6) is 0.963. The van der Waals surface area contributed by atoms with Gasteiger partial charge in [0.15, 0.2) is 5.88 Å². The van der Waals surface area contributed by atoms with Crippen LogP contribution in [0.1, 0.15) is 5.56 Å². The molecule has 0 bridgehead atoms. The molecule has 0 amide bonds. The zero-order chi connectivity index (χ0) is 5.40. The predicted molar refractivity (Wildman–Crippen MR) is 30.9 cm³/mol. The molecule has 0 fully saturated rings. The van der Waals surface area contributed by atoms with Crippen LogP contribution in [0.3, 0.4) is 0 Å². The summed E-state index contributed by atoms with van der Waals surface area (Å²) in [6, 6.07) is 2.01. The largest absolute Gasteiger partial charge is 0.449 e. The van der Waals surface area contributed by atoms with Gasteiger partial charge in [0.1, 0.15) is 0 Å². The Morgan fingerprint density at radius 2 is 2.62 bits per heavy atom. The topological polar surface area (TPSA) is 25.2 Å². The fourth-order valence-electron chi connectivity index (χ4n) is 0.998. The molecule has 1 aliphatic heterocycles. The van der Waals surface area contributed by atoms with Gasteiger partial charge in [0.25, 0.3) is 0 Å². The van der Waals surface area contributed by atoms with Crippen molar-refractivity contribution in [2.75, 3.05) is 11.9 Å². The summed E-state index contributed by atoms with van der Waals surface area (Å²) < 4.78 is 5.06. The summed E-state index contributed by atoms with van der Waals surface area (Å²) in [6.07, 6.45) is 2.84. The van der Waals surface area contributed by atoms with Gasteiger partial charge in [-0.1, -0.05) is 0 Å². The van der Waals surface area contributed by atoms with Crippen molar-refractivity contribution in [2.24, 2.45) is 0 Å². The Balaban J connectivity index is 2.54. The van der Waals surface area contributed by atoms with E-state index in [9.17, 15) is 0 Å². The maximum absolute atomic E-state index is 5.06. The fourth-order valence-corrected chi connectivity index (χ4v) is 0.998. The number of anilines is 1. The van der Waals surface area contributed by atoms with Gasteiger partial charge >= 0.3 is 0 Å². The summed E-state index contributed by atoms with van der Waals surface area (Å²) in [4.78, 5) is 0. The average Bonchev–Trinajstić information content (AvgIpc) is 2.15. The first-order valence-corrected chi connectivity index (χ1v) is 2.77. The lowest BCUT2D eigenvalue weighted by Gasteiger charge is -1.85. The van der Waals surface area contributed by atoms with Crippen LogP contribution in [0, 0.1) is 0 Å². The quantitative estimate of drug-likeness (QED) is 0.542. The number of nitrogens with one attached hydrogen (secondary N) is 1. The third-order valence-corrected chi connectivity index (χ3v) is 1.43. The average molecular weight is 109 g/mol. The predicted octanol–water partition coefficient (Wildman–Crippen LogP) is 1.25. The van der Waals surface area contributed by atoms with Crippen molar-refractivity contribution in [1.82, 2.24) is 0 Å². The first-order chi connectivity index (χ1) is 3.97. The molecule has 1 N–H and O–H groups in total. The normalized spacial score (nSPS) is 15.5. The Bertz CT molecular complexity index is 174. The smallest absolute Gasteiger partial charge is 0.195 e. The zero-order valence-corrected chi connectivity index (χ0v) is 4.48. The Morgan fingerprint density at radius 1 is 1.62 bits per heavy atom. The van der Waals surface area contributed by atoms with Crippen molar-refractivity contribution in [2.45, 2.75) is 6.42 Å². The van der Waals surface area contributed by atoms with E-state index in [4.69, 9.17) is 4.42 Å². The van der Waals surface area contributed by atoms with Gasteiger partial charge in [0.05, 0.1) is 6.26 Å². The number of hydrogen-bond donors (Lipinski definition) is 1. The molecular weight excluding hydrogens is 102 g/mol. The van der Waals surface area contributed by atoms with Crippen LogP contribution in [-0.2, 0) is 6.42 Å². The monoisotopic (exact) mass is 109 g/mol. The molecular formula is C6H7NO. The molecule has 2 nitrogen and oxygen atoms in total. The molecule has 2 rings (SSSR count). The van der Waals surface area contributed by atoms with Gasteiger partial charge in [0, 0.05) is 12.1 Å². The minimum atomic E-state index is 0.963. The molecule has 8 heavy (non-hydrogen) atoms.